The molecule has 4 rings (SSSR count). The van der Waals surface area contributed by atoms with Gasteiger partial charge in [-0.25, -0.2) is 0 Å². The van der Waals surface area contributed by atoms with E-state index < -0.39 is 0 Å². The lowest BCUT2D eigenvalue weighted by Crippen LogP contribution is -2.26. The first-order valence-electron chi connectivity index (χ1n) is 15.9. The summed E-state index contributed by atoms with van der Waals surface area (Å²) < 4.78 is 17.6. The van der Waals surface area contributed by atoms with Crippen molar-refractivity contribution in [3.63, 3.8) is 0 Å². The van der Waals surface area contributed by atoms with Gasteiger partial charge in [0.1, 0.15) is 0 Å². The van der Waals surface area contributed by atoms with E-state index in [-0.39, 0.29) is 6.67 Å². The average Bonchev–Trinajstić information content (AvgIpc) is 2.94. The van der Waals surface area contributed by atoms with Crippen LogP contribution in [-0.4, -0.2) is 20.4 Å². The number of hydrogen-bond donors (Lipinski definition) is 0. The van der Waals surface area contributed by atoms with E-state index in [0.29, 0.717) is 0 Å². The highest BCUT2D eigenvalue weighted by Crippen LogP contribution is 2.44. The van der Waals surface area contributed by atoms with Gasteiger partial charge >= 0.3 is 0 Å². The molecule has 0 saturated heterocycles. The van der Waals surface area contributed by atoms with Crippen molar-refractivity contribution in [3.8, 4) is 0 Å². The van der Waals surface area contributed by atoms with Crippen molar-refractivity contribution in [1.82, 2.24) is 0 Å². The predicted molar refractivity (Wildman–Crippen MR) is 151 cm³/mol. The standard InChI is InChI=1S/C34H55FO/c1-36-26-3-2-5-27-9-17-31(18-10-27)33-21-13-29(14-22-33)7-8-30-15-23-34(24-16-30)32-19-11-28(12-20-32)6-4-25-35/h9-10,17-18,28-30,32-34H,2-8,11-16,19-26H2,1H3. The van der Waals surface area contributed by atoms with Gasteiger partial charge in [-0.1, -0.05) is 62.8 Å². The summed E-state index contributed by atoms with van der Waals surface area (Å²) in [6.07, 6.45) is 25.8. The molecule has 0 unspecified atom stereocenters. The SMILES string of the molecule is COCCCCc1ccc(C2CCC(CCC3CCC(C4CCC(CCCF)CC4)CC3)CC2)cc1. The Balaban J connectivity index is 1.08. The van der Waals surface area contributed by atoms with Crippen LogP contribution in [0.2, 0.25) is 0 Å². The number of halogens is 1. The Labute approximate surface area is 222 Å². The summed E-state index contributed by atoms with van der Waals surface area (Å²) in [6, 6.07) is 9.60. The van der Waals surface area contributed by atoms with Crippen LogP contribution in [0.5, 0.6) is 0 Å². The van der Waals surface area contributed by atoms with Crippen LogP contribution in [0.3, 0.4) is 0 Å². The van der Waals surface area contributed by atoms with Crippen molar-refractivity contribution < 1.29 is 9.13 Å². The normalized spacial score (nSPS) is 31.4. The van der Waals surface area contributed by atoms with Crippen LogP contribution in [0.25, 0.3) is 0 Å². The van der Waals surface area contributed by atoms with Crippen molar-refractivity contribution in [2.75, 3.05) is 20.4 Å². The van der Waals surface area contributed by atoms with Crippen LogP contribution in [-0.2, 0) is 11.2 Å². The maximum atomic E-state index is 12.5. The third kappa shape index (κ3) is 8.85. The summed E-state index contributed by atoms with van der Waals surface area (Å²) in [5.41, 5.74) is 3.07. The summed E-state index contributed by atoms with van der Waals surface area (Å²) >= 11 is 0. The molecule has 204 valence electrons. The number of methoxy groups -OCH3 is 1. The molecule has 0 atom stereocenters. The maximum Gasteiger partial charge on any atom is 0.0894 e. The lowest BCUT2D eigenvalue weighted by atomic mass is 9.68. The predicted octanol–water partition coefficient (Wildman–Crippen LogP) is 10.1. The third-order valence-corrected chi connectivity index (χ3v) is 10.5. The molecule has 0 amide bonds. The monoisotopic (exact) mass is 498 g/mol. The molecule has 3 aliphatic rings. The highest BCUT2D eigenvalue weighted by molar-refractivity contribution is 5.26. The molecule has 0 aliphatic heterocycles. The molecular formula is C34H55FO. The number of aryl methyl sites for hydroxylation is 1. The molecule has 0 heterocycles. The number of ether oxygens (including phenoxy) is 1. The number of rotatable bonds is 13. The Bertz CT molecular complexity index is 690. The fourth-order valence-electron chi connectivity index (χ4n) is 8.05. The molecule has 0 N–H and O–H groups in total. The maximum absolute atomic E-state index is 12.5. The molecule has 1 aromatic rings. The zero-order chi connectivity index (χ0) is 25.0. The van der Waals surface area contributed by atoms with Crippen molar-refractivity contribution >= 4 is 0 Å². The largest absolute Gasteiger partial charge is 0.385 e. The minimum Gasteiger partial charge on any atom is -0.385 e. The lowest BCUT2D eigenvalue weighted by Gasteiger charge is -2.38. The minimum atomic E-state index is -0.116. The van der Waals surface area contributed by atoms with Crippen molar-refractivity contribution in [2.45, 2.75) is 128 Å². The average molecular weight is 499 g/mol. The van der Waals surface area contributed by atoms with Crippen molar-refractivity contribution in [2.24, 2.45) is 29.6 Å². The van der Waals surface area contributed by atoms with Gasteiger partial charge in [-0.15, -0.1) is 0 Å². The Hall–Kier alpha value is -0.890. The van der Waals surface area contributed by atoms with Crippen LogP contribution in [0.1, 0.15) is 133 Å². The van der Waals surface area contributed by atoms with Gasteiger partial charge in [0.25, 0.3) is 0 Å². The summed E-state index contributed by atoms with van der Waals surface area (Å²) in [5, 5.41) is 0. The second kappa shape index (κ2) is 15.5. The van der Waals surface area contributed by atoms with Crippen LogP contribution >= 0.6 is 0 Å². The van der Waals surface area contributed by atoms with Gasteiger partial charge in [0.2, 0.25) is 0 Å². The first-order chi connectivity index (χ1) is 17.7. The number of unbranched alkanes of at least 4 members (excludes halogenated alkanes) is 1. The van der Waals surface area contributed by atoms with Crippen LogP contribution in [0, 0.1) is 29.6 Å². The van der Waals surface area contributed by atoms with E-state index in [4.69, 9.17) is 4.74 Å². The molecule has 0 bridgehead atoms. The topological polar surface area (TPSA) is 9.23 Å². The van der Waals surface area contributed by atoms with E-state index >= 15 is 0 Å². The minimum absolute atomic E-state index is 0.116. The van der Waals surface area contributed by atoms with Gasteiger partial charge in [0, 0.05) is 13.7 Å². The van der Waals surface area contributed by atoms with Gasteiger partial charge < -0.3 is 4.74 Å². The molecule has 2 heteroatoms. The molecule has 3 saturated carbocycles. The second-order valence-electron chi connectivity index (χ2n) is 12.9. The highest BCUT2D eigenvalue weighted by atomic mass is 19.1. The van der Waals surface area contributed by atoms with Gasteiger partial charge in [0.15, 0.2) is 0 Å². The molecule has 3 fully saturated rings. The Kier molecular flexibility index (Phi) is 12.1. The molecule has 1 aromatic carbocycles. The first-order valence-corrected chi connectivity index (χ1v) is 15.9. The van der Waals surface area contributed by atoms with E-state index in [1.807, 2.05) is 0 Å². The van der Waals surface area contributed by atoms with Crippen molar-refractivity contribution in [1.29, 1.82) is 0 Å². The zero-order valence-corrected chi connectivity index (χ0v) is 23.4. The zero-order valence-electron chi connectivity index (χ0n) is 23.4. The number of benzene rings is 1. The molecular weight excluding hydrogens is 443 g/mol. The van der Waals surface area contributed by atoms with E-state index in [9.17, 15) is 4.39 Å². The van der Waals surface area contributed by atoms with Crippen LogP contribution < -0.4 is 0 Å². The van der Waals surface area contributed by atoms with E-state index in [2.05, 4.69) is 24.3 Å². The number of hydrogen-bond acceptors (Lipinski definition) is 1. The third-order valence-electron chi connectivity index (χ3n) is 10.5. The Morgan fingerprint density at radius 2 is 1.17 bits per heavy atom. The van der Waals surface area contributed by atoms with E-state index in [0.717, 1.165) is 61.4 Å². The van der Waals surface area contributed by atoms with Gasteiger partial charge in [-0.3, -0.25) is 4.39 Å². The lowest BCUT2D eigenvalue weighted by molar-refractivity contribution is 0.136. The first kappa shape index (κ1) is 28.1. The molecule has 36 heavy (non-hydrogen) atoms. The van der Waals surface area contributed by atoms with Crippen LogP contribution in [0.4, 0.5) is 4.39 Å². The quantitative estimate of drug-likeness (QED) is 0.246. The molecule has 0 spiro atoms. The van der Waals surface area contributed by atoms with E-state index in [1.165, 1.54) is 108 Å². The molecule has 1 nitrogen and oxygen atoms in total. The molecule has 3 aliphatic carbocycles. The van der Waals surface area contributed by atoms with Gasteiger partial charge in [-0.05, 0) is 130 Å². The summed E-state index contributed by atoms with van der Waals surface area (Å²) in [5.74, 6) is 5.63. The fourth-order valence-corrected chi connectivity index (χ4v) is 8.05. The second-order valence-corrected chi connectivity index (χ2v) is 12.9. The van der Waals surface area contributed by atoms with E-state index in [1.54, 1.807) is 12.7 Å². The van der Waals surface area contributed by atoms with Crippen LogP contribution in [0.15, 0.2) is 24.3 Å². The molecule has 0 aromatic heterocycles. The Morgan fingerprint density at radius 1 is 0.639 bits per heavy atom. The highest BCUT2D eigenvalue weighted by Gasteiger charge is 2.31. The fraction of sp³-hybridized carbons (Fsp3) is 0.824. The summed E-state index contributed by atoms with van der Waals surface area (Å²) in [6.45, 7) is 0.767. The number of alkyl halides is 1. The van der Waals surface area contributed by atoms with Crippen molar-refractivity contribution in [3.05, 3.63) is 35.4 Å². The summed E-state index contributed by atoms with van der Waals surface area (Å²) in [7, 11) is 1.79. The Morgan fingerprint density at radius 3 is 1.69 bits per heavy atom. The van der Waals surface area contributed by atoms with Gasteiger partial charge in [0.05, 0.1) is 6.67 Å². The summed E-state index contributed by atoms with van der Waals surface area (Å²) in [4.78, 5) is 0. The van der Waals surface area contributed by atoms with Gasteiger partial charge in [-0.2, -0.15) is 0 Å². The molecule has 0 radical (unpaired) electrons. The smallest absolute Gasteiger partial charge is 0.0894 e.